The van der Waals surface area contributed by atoms with Crippen LogP contribution in [0.2, 0.25) is 0 Å². The highest BCUT2D eigenvalue weighted by Gasteiger charge is 2.25. The van der Waals surface area contributed by atoms with Crippen LogP contribution in [0.4, 0.5) is 0 Å². The van der Waals surface area contributed by atoms with Gasteiger partial charge in [-0.25, -0.2) is 0 Å². The predicted octanol–water partition coefficient (Wildman–Crippen LogP) is 48.9. The molecule has 760 valence electrons. The summed E-state index contributed by atoms with van der Waals surface area (Å²) in [7, 11) is 0. The molecule has 0 atom stereocenters. The molecule has 0 unspecified atom stereocenters. The van der Waals surface area contributed by atoms with E-state index in [1.165, 1.54) is 514 Å². The van der Waals surface area contributed by atoms with Gasteiger partial charge in [-0.05, 0) is 257 Å². The van der Waals surface area contributed by atoms with Crippen LogP contribution in [-0.2, 0) is 38.5 Å². The number of hydrogen-bond acceptors (Lipinski definition) is 11. The van der Waals surface area contributed by atoms with E-state index in [9.17, 15) is 0 Å². The molecular weight excluding hydrogens is 1910 g/mol. The summed E-state index contributed by atoms with van der Waals surface area (Å²) in [6.45, 7) is 22.9. The number of benzene rings is 3. The van der Waals surface area contributed by atoms with E-state index in [4.69, 9.17) is 0 Å². The van der Waals surface area contributed by atoms with E-state index in [2.05, 4.69) is 262 Å². The van der Waals surface area contributed by atoms with E-state index in [0.29, 0.717) is 0 Å². The van der Waals surface area contributed by atoms with Crippen LogP contribution in [-0.4, -0.2) is 0 Å². The molecule has 0 aliphatic carbocycles. The van der Waals surface area contributed by atoms with Gasteiger partial charge in [-0.3, -0.25) is 0 Å². The third kappa shape index (κ3) is 36.7. The number of unbranched alkanes of at least 4 members (excludes halogenated alkanes) is 46. The van der Waals surface area contributed by atoms with Gasteiger partial charge in [0, 0.05) is 107 Å². The summed E-state index contributed by atoms with van der Waals surface area (Å²) in [5.74, 6) is 0. The fourth-order valence-electron chi connectivity index (χ4n) is 20.4. The Hall–Kier alpha value is -5.64. The first-order valence-corrected chi connectivity index (χ1v) is 65.8. The zero-order valence-corrected chi connectivity index (χ0v) is 97.7. The van der Waals surface area contributed by atoms with E-state index in [1.54, 1.807) is 32.7 Å². The SMILES string of the molecule is CCCCCCCCCCCCc1cc(C)sc1-c1ccc(-c2ccc(-c3sc(-c4ccc(-c5ccc(C)cc5)cc4)cc3CCCCCCCCCCCC)s2)s1.CCCCCCCCCCc1cc(C)sc1-c1cc(CCCCCCCCCC)c(-c2ccc(-c3ccc(-c4ccc(-c5sc(-c6sc(-c7ccc(C)cc7)cc6CCCCCCCCCC)cc5CCCCCCCCCC)s4)s3)s2)s1. The summed E-state index contributed by atoms with van der Waals surface area (Å²) >= 11 is 22.3. The lowest BCUT2D eigenvalue weighted by Gasteiger charge is -2.04. The van der Waals surface area contributed by atoms with Gasteiger partial charge in [0.15, 0.2) is 0 Å². The summed E-state index contributed by atoms with van der Waals surface area (Å²) < 4.78 is 0. The van der Waals surface area contributed by atoms with Crippen LogP contribution < -0.4 is 0 Å². The summed E-state index contributed by atoms with van der Waals surface area (Å²) in [6, 6.07) is 66.9. The van der Waals surface area contributed by atoms with Crippen molar-refractivity contribution in [3.8, 4) is 120 Å². The third-order valence-electron chi connectivity index (χ3n) is 28.9. The van der Waals surface area contributed by atoms with Crippen molar-refractivity contribution < 1.29 is 0 Å². The van der Waals surface area contributed by atoms with E-state index in [0.717, 1.165) is 0 Å². The highest BCUT2D eigenvalue weighted by molar-refractivity contribution is 7.32. The van der Waals surface area contributed by atoms with Gasteiger partial charge >= 0.3 is 0 Å². The highest BCUT2D eigenvalue weighted by Crippen LogP contribution is 2.53. The molecule has 11 aromatic heterocycles. The molecular formula is C130H174S11. The Morgan fingerprint density at radius 2 is 0.298 bits per heavy atom. The molecule has 11 heteroatoms. The molecule has 141 heavy (non-hydrogen) atoms. The number of rotatable bonds is 70. The molecule has 14 aromatic rings. The predicted molar refractivity (Wildman–Crippen MR) is 650 cm³/mol. The standard InChI is InChI=1S/C76H104S7.C54H70S4/c1-7-11-15-19-23-27-31-35-39-60-53-58(6)77-75(60)71-55-62(41-37-33-29-25-21-17-13-9-3)73(82-71)68-51-49-66(79-68)64-47-48-65(78-64)67-50-52-69(80-67)74-63(42-38-34-30-26-22-18-14-10-4)56-72(83-74)76-61(40-36-32-28-24-20-16-12-8-2)54-70(81-76)59-45-43-57(5)44-46-59;1-5-7-9-11-13-15-17-19-21-23-25-46-39-42(4)55-53(46)50-37-35-48(56-50)49-36-38-51(57-49)54-47(26-24-22-20-18-16-14-12-10-8-6-2)40-52(58-54)45-33-31-44(32-34-45)43-29-27-41(3)28-30-43/h43-56H,7-42H2,1-6H3;27-40H,5-26H2,1-4H3. The van der Waals surface area contributed by atoms with Crippen molar-refractivity contribution in [2.45, 2.75) is 442 Å². The average Bonchev–Trinajstić information content (AvgIpc) is 1.63. The molecule has 0 saturated carbocycles. The van der Waals surface area contributed by atoms with Crippen molar-refractivity contribution in [1.29, 1.82) is 0 Å². The van der Waals surface area contributed by atoms with Crippen molar-refractivity contribution in [2.75, 3.05) is 0 Å². The average molecular weight is 2090 g/mol. The Kier molecular flexibility index (Phi) is 51.0. The van der Waals surface area contributed by atoms with E-state index in [1.807, 2.05) is 102 Å². The zero-order chi connectivity index (χ0) is 98.2. The number of thiophene rings is 11. The molecule has 0 saturated heterocycles. The smallest absolute Gasteiger partial charge is 0.0481 e. The van der Waals surface area contributed by atoms with Crippen molar-refractivity contribution >= 4 is 125 Å². The lowest BCUT2D eigenvalue weighted by Crippen LogP contribution is -1.87. The maximum Gasteiger partial charge on any atom is 0.0481 e. The lowest BCUT2D eigenvalue weighted by atomic mass is 10.0. The molecule has 0 aliphatic rings. The Labute approximate surface area is 901 Å². The van der Waals surface area contributed by atoms with Crippen LogP contribution in [0.25, 0.3) is 120 Å². The topological polar surface area (TPSA) is 0 Å². The maximum absolute atomic E-state index is 2.64. The Morgan fingerprint density at radius 1 is 0.135 bits per heavy atom. The minimum absolute atomic E-state index is 1.17. The molecule has 14 rings (SSSR count). The fourth-order valence-corrected chi connectivity index (χ4v) is 33.5. The van der Waals surface area contributed by atoms with Gasteiger partial charge in [0.25, 0.3) is 0 Å². The second kappa shape index (κ2) is 63.9. The third-order valence-corrected chi connectivity index (χ3v) is 43.0. The van der Waals surface area contributed by atoms with Crippen LogP contribution in [0, 0.1) is 27.7 Å². The van der Waals surface area contributed by atoms with Gasteiger partial charge < -0.3 is 0 Å². The maximum atomic E-state index is 2.64. The molecule has 3 aromatic carbocycles. The largest absolute Gasteiger partial charge is 0.139 e. The Balaban J connectivity index is 0.000000253. The molecule has 0 bridgehead atoms. The minimum atomic E-state index is 1.17. The van der Waals surface area contributed by atoms with Gasteiger partial charge in [-0.1, -0.05) is 421 Å². The van der Waals surface area contributed by atoms with Crippen LogP contribution >= 0.6 is 125 Å². The van der Waals surface area contributed by atoms with Crippen molar-refractivity contribution in [2.24, 2.45) is 0 Å². The fraction of sp³-hybridized carbons (Fsp3) is 0.523. The van der Waals surface area contributed by atoms with E-state index >= 15 is 0 Å². The molecule has 0 amide bonds. The van der Waals surface area contributed by atoms with Gasteiger partial charge in [0.05, 0.1) is 0 Å². The summed E-state index contributed by atoms with van der Waals surface area (Å²) in [6.07, 6.45) is 78.5. The zero-order valence-electron chi connectivity index (χ0n) is 88.7. The summed E-state index contributed by atoms with van der Waals surface area (Å²) in [4.78, 5) is 32.0. The molecule has 0 N–H and O–H groups in total. The molecule has 0 radical (unpaired) electrons. The van der Waals surface area contributed by atoms with Crippen molar-refractivity contribution in [1.82, 2.24) is 0 Å². The van der Waals surface area contributed by atoms with E-state index in [-0.39, 0.29) is 0 Å². The quantitative estimate of drug-likeness (QED) is 0.0333. The van der Waals surface area contributed by atoms with Gasteiger partial charge in [0.2, 0.25) is 0 Å². The van der Waals surface area contributed by atoms with E-state index < -0.39 is 0 Å². The minimum Gasteiger partial charge on any atom is -0.139 e. The van der Waals surface area contributed by atoms with Gasteiger partial charge in [-0.2, -0.15) is 0 Å². The molecule has 0 aliphatic heterocycles. The second-order valence-electron chi connectivity index (χ2n) is 41.2. The first-order valence-electron chi connectivity index (χ1n) is 56.8. The molecule has 0 nitrogen and oxygen atoms in total. The lowest BCUT2D eigenvalue weighted by molar-refractivity contribution is 0.556. The monoisotopic (exact) mass is 2090 g/mol. The summed E-state index contributed by atoms with van der Waals surface area (Å²) in [5.41, 5.74) is 17.3. The normalized spacial score (nSPS) is 11.7. The van der Waals surface area contributed by atoms with Gasteiger partial charge in [0.1, 0.15) is 0 Å². The first-order chi connectivity index (χ1) is 69.4. The van der Waals surface area contributed by atoms with Gasteiger partial charge in [-0.15, -0.1) is 125 Å². The van der Waals surface area contributed by atoms with Crippen LogP contribution in [0.1, 0.15) is 430 Å². The van der Waals surface area contributed by atoms with Crippen molar-refractivity contribution in [3.63, 3.8) is 0 Å². The molecule has 11 heterocycles. The van der Waals surface area contributed by atoms with Crippen LogP contribution in [0.15, 0.2) is 170 Å². The Morgan fingerprint density at radius 3 is 0.546 bits per heavy atom. The second-order valence-corrected chi connectivity index (χ2v) is 53.3. The first kappa shape index (κ1) is 113. The summed E-state index contributed by atoms with van der Waals surface area (Å²) in [5, 5.41) is 0. The highest BCUT2D eigenvalue weighted by atomic mass is 32.1. The number of hydrogen-bond donors (Lipinski definition) is 0. The van der Waals surface area contributed by atoms with Crippen molar-refractivity contribution in [3.05, 3.63) is 224 Å². The number of aryl methyl sites for hydroxylation is 10. The Bertz CT molecular complexity index is 5740. The molecule has 0 fully saturated rings. The van der Waals surface area contributed by atoms with Crippen LogP contribution in [0.3, 0.4) is 0 Å². The molecule has 0 spiro atoms. The van der Waals surface area contributed by atoms with Crippen LogP contribution in [0.5, 0.6) is 0 Å².